The zero-order chi connectivity index (χ0) is 25.5. The molecule has 1 aromatic heterocycles. The molecule has 3 rings (SSSR count). The number of anilines is 1. The van der Waals surface area contributed by atoms with E-state index in [-0.39, 0.29) is 6.61 Å². The van der Waals surface area contributed by atoms with E-state index in [9.17, 15) is 14.4 Å². The molecule has 1 aromatic carbocycles. The molecule has 10 nitrogen and oxygen atoms in total. The smallest absolute Gasteiger partial charge is 0.410 e. The van der Waals surface area contributed by atoms with E-state index in [0.717, 1.165) is 10.4 Å². The fourth-order valence-electron chi connectivity index (χ4n) is 3.70. The standard InChI is InChI=1S/C24H28N2O8S/c1-6-34-24(29)26-10-9-15-18(13-26)35-22(20(15)23(28)33-5)25-19(27)8-7-14-11-16(30-2)21(32-4)17(12-14)31-3/h7-8,11-12H,6,9-10,13H2,1-5H3,(H,25,27)/b8-7+. The highest BCUT2D eigenvalue weighted by atomic mass is 32.1. The molecule has 0 spiro atoms. The summed E-state index contributed by atoms with van der Waals surface area (Å²) >= 11 is 1.24. The van der Waals surface area contributed by atoms with Crippen LogP contribution in [-0.4, -0.2) is 64.5 Å². The minimum Gasteiger partial charge on any atom is -0.493 e. The molecule has 188 valence electrons. The molecule has 0 saturated heterocycles. The molecule has 0 radical (unpaired) electrons. The maximum absolute atomic E-state index is 12.7. The van der Waals surface area contributed by atoms with Crippen molar-refractivity contribution >= 4 is 40.4 Å². The molecule has 0 fully saturated rings. The Hall–Kier alpha value is -3.73. The van der Waals surface area contributed by atoms with Crippen LogP contribution in [0.1, 0.15) is 33.3 Å². The summed E-state index contributed by atoms with van der Waals surface area (Å²) in [5.41, 5.74) is 1.73. The lowest BCUT2D eigenvalue weighted by Crippen LogP contribution is -2.36. The number of hydrogen-bond donors (Lipinski definition) is 1. The second kappa shape index (κ2) is 11.6. The molecule has 0 atom stereocenters. The summed E-state index contributed by atoms with van der Waals surface area (Å²) in [6, 6.07) is 3.41. The van der Waals surface area contributed by atoms with Gasteiger partial charge < -0.3 is 33.9 Å². The first-order valence-electron chi connectivity index (χ1n) is 10.8. The summed E-state index contributed by atoms with van der Waals surface area (Å²) in [7, 11) is 5.81. The van der Waals surface area contributed by atoms with Gasteiger partial charge in [0.15, 0.2) is 11.5 Å². The van der Waals surface area contributed by atoms with Crippen LogP contribution in [0.25, 0.3) is 6.08 Å². The number of ether oxygens (including phenoxy) is 5. The maximum Gasteiger partial charge on any atom is 0.410 e. The van der Waals surface area contributed by atoms with Crippen LogP contribution in [0.15, 0.2) is 18.2 Å². The van der Waals surface area contributed by atoms with E-state index >= 15 is 0 Å². The van der Waals surface area contributed by atoms with Crippen LogP contribution in [0.3, 0.4) is 0 Å². The molecule has 11 heteroatoms. The van der Waals surface area contributed by atoms with Crippen LogP contribution in [-0.2, 0) is 27.2 Å². The average Bonchev–Trinajstić information content (AvgIpc) is 3.23. The number of amides is 2. The molecule has 2 amide bonds. The number of nitrogens with one attached hydrogen (secondary N) is 1. The van der Waals surface area contributed by atoms with Crippen molar-refractivity contribution in [1.29, 1.82) is 0 Å². The van der Waals surface area contributed by atoms with E-state index in [0.29, 0.717) is 52.9 Å². The van der Waals surface area contributed by atoms with Gasteiger partial charge in [0.05, 0.1) is 47.2 Å². The SMILES string of the molecule is CCOC(=O)N1CCc2c(sc(NC(=O)/C=C/c3cc(OC)c(OC)c(OC)c3)c2C(=O)OC)C1. The Balaban J connectivity index is 1.84. The Labute approximate surface area is 207 Å². The molecule has 1 aliphatic rings. The zero-order valence-corrected chi connectivity index (χ0v) is 21.1. The number of methoxy groups -OCH3 is 4. The molecular weight excluding hydrogens is 476 g/mol. The van der Waals surface area contributed by atoms with Crippen molar-refractivity contribution in [3.05, 3.63) is 39.8 Å². The van der Waals surface area contributed by atoms with E-state index in [4.69, 9.17) is 23.7 Å². The molecule has 2 aromatic rings. The van der Waals surface area contributed by atoms with Gasteiger partial charge in [0.2, 0.25) is 11.7 Å². The quantitative estimate of drug-likeness (QED) is 0.428. The molecule has 2 heterocycles. The molecule has 0 unspecified atom stereocenters. The predicted octanol–water partition coefficient (Wildman–Crippen LogP) is 3.73. The van der Waals surface area contributed by atoms with Gasteiger partial charge in [-0.2, -0.15) is 0 Å². The van der Waals surface area contributed by atoms with E-state index in [1.807, 2.05) is 0 Å². The maximum atomic E-state index is 12.7. The lowest BCUT2D eigenvalue weighted by atomic mass is 10.0. The van der Waals surface area contributed by atoms with Crippen LogP contribution >= 0.6 is 11.3 Å². The Bertz CT molecular complexity index is 1120. The van der Waals surface area contributed by atoms with Gasteiger partial charge in [-0.05, 0) is 42.7 Å². The molecular formula is C24H28N2O8S. The van der Waals surface area contributed by atoms with E-state index in [2.05, 4.69) is 5.32 Å². The first-order chi connectivity index (χ1) is 16.9. The van der Waals surface area contributed by atoms with Crippen LogP contribution in [0, 0.1) is 0 Å². The molecule has 35 heavy (non-hydrogen) atoms. The predicted molar refractivity (Wildman–Crippen MR) is 131 cm³/mol. The first kappa shape index (κ1) is 25.9. The topological polar surface area (TPSA) is 113 Å². The van der Waals surface area contributed by atoms with E-state index in [1.165, 1.54) is 45.9 Å². The highest BCUT2D eigenvalue weighted by molar-refractivity contribution is 7.17. The number of fused-ring (bicyclic) bond motifs is 1. The third-order valence-corrected chi connectivity index (χ3v) is 6.46. The van der Waals surface area contributed by atoms with Crippen LogP contribution in [0.2, 0.25) is 0 Å². The van der Waals surface area contributed by atoms with Gasteiger partial charge in [-0.1, -0.05) is 0 Å². The molecule has 1 N–H and O–H groups in total. The van der Waals surface area contributed by atoms with Gasteiger partial charge in [-0.15, -0.1) is 11.3 Å². The van der Waals surface area contributed by atoms with E-state index < -0.39 is 18.0 Å². The summed E-state index contributed by atoms with van der Waals surface area (Å²) in [5, 5.41) is 3.14. The number of carbonyl (C=O) groups is 3. The fourth-order valence-corrected chi connectivity index (χ4v) is 4.96. The van der Waals surface area contributed by atoms with Crippen molar-refractivity contribution in [2.75, 3.05) is 46.9 Å². The second-order valence-electron chi connectivity index (χ2n) is 7.35. The highest BCUT2D eigenvalue weighted by Gasteiger charge is 2.31. The Kier molecular flexibility index (Phi) is 8.58. The third-order valence-electron chi connectivity index (χ3n) is 5.32. The van der Waals surface area contributed by atoms with Crippen LogP contribution < -0.4 is 19.5 Å². The summed E-state index contributed by atoms with van der Waals surface area (Å²) in [5.74, 6) is 0.370. The number of thiophene rings is 1. The largest absolute Gasteiger partial charge is 0.493 e. The average molecular weight is 505 g/mol. The zero-order valence-electron chi connectivity index (χ0n) is 20.3. The number of carbonyl (C=O) groups excluding carboxylic acids is 3. The van der Waals surface area contributed by atoms with Crippen molar-refractivity contribution in [3.8, 4) is 17.2 Å². The number of esters is 1. The third kappa shape index (κ3) is 5.68. The number of nitrogens with zero attached hydrogens (tertiary/aromatic N) is 1. The summed E-state index contributed by atoms with van der Waals surface area (Å²) < 4.78 is 26.0. The minimum absolute atomic E-state index is 0.277. The molecule has 0 bridgehead atoms. The monoisotopic (exact) mass is 504 g/mol. The minimum atomic E-state index is -0.545. The molecule has 1 aliphatic heterocycles. The van der Waals surface area contributed by atoms with Crippen LogP contribution in [0.4, 0.5) is 9.80 Å². The Morgan fingerprint density at radius 1 is 1.09 bits per heavy atom. The summed E-state index contributed by atoms with van der Waals surface area (Å²) in [6.07, 6.45) is 2.97. The Morgan fingerprint density at radius 3 is 2.34 bits per heavy atom. The molecule has 0 saturated carbocycles. The lowest BCUT2D eigenvalue weighted by molar-refractivity contribution is -0.111. The Morgan fingerprint density at radius 2 is 1.77 bits per heavy atom. The van der Waals surface area contributed by atoms with Crippen molar-refractivity contribution in [2.24, 2.45) is 0 Å². The number of benzene rings is 1. The summed E-state index contributed by atoms with van der Waals surface area (Å²) in [4.78, 5) is 39.8. The van der Waals surface area contributed by atoms with Crippen molar-refractivity contribution < 1.29 is 38.1 Å². The van der Waals surface area contributed by atoms with Gasteiger partial charge >= 0.3 is 12.1 Å². The van der Waals surface area contributed by atoms with Gasteiger partial charge in [0.1, 0.15) is 5.00 Å². The second-order valence-corrected chi connectivity index (χ2v) is 8.46. The van der Waals surface area contributed by atoms with Crippen molar-refractivity contribution in [2.45, 2.75) is 19.9 Å². The number of hydrogen-bond acceptors (Lipinski definition) is 9. The van der Waals surface area contributed by atoms with E-state index in [1.54, 1.807) is 30.0 Å². The first-order valence-corrected chi connectivity index (χ1v) is 11.6. The van der Waals surface area contributed by atoms with Crippen LogP contribution in [0.5, 0.6) is 17.2 Å². The summed E-state index contributed by atoms with van der Waals surface area (Å²) in [6.45, 7) is 2.72. The molecule has 0 aliphatic carbocycles. The van der Waals surface area contributed by atoms with Gasteiger partial charge in [-0.25, -0.2) is 9.59 Å². The van der Waals surface area contributed by atoms with Gasteiger partial charge in [0, 0.05) is 17.5 Å². The number of rotatable bonds is 8. The lowest BCUT2D eigenvalue weighted by Gasteiger charge is -2.26. The van der Waals surface area contributed by atoms with Gasteiger partial charge in [-0.3, -0.25) is 4.79 Å². The normalized spacial score (nSPS) is 12.7. The fraction of sp³-hybridized carbons (Fsp3) is 0.375. The highest BCUT2D eigenvalue weighted by Crippen LogP contribution is 2.39. The van der Waals surface area contributed by atoms with Crippen molar-refractivity contribution in [1.82, 2.24) is 4.90 Å². The van der Waals surface area contributed by atoms with Gasteiger partial charge in [0.25, 0.3) is 0 Å². The van der Waals surface area contributed by atoms with Crippen molar-refractivity contribution in [3.63, 3.8) is 0 Å².